The number of benzene rings is 1. The summed E-state index contributed by atoms with van der Waals surface area (Å²) in [5.74, 6) is 1.21. The maximum absolute atomic E-state index is 11.1. The Bertz CT molecular complexity index is 615. The number of hydrogen-bond donors (Lipinski definition) is 2. The number of terminal acetylenes is 1. The van der Waals surface area contributed by atoms with Gasteiger partial charge in [-0.2, -0.15) is 0 Å². The summed E-state index contributed by atoms with van der Waals surface area (Å²) >= 11 is 0. The molecule has 0 unspecified atom stereocenters. The molecule has 1 aromatic rings. The molecule has 0 saturated heterocycles. The van der Waals surface area contributed by atoms with Crippen molar-refractivity contribution in [1.82, 2.24) is 0 Å². The van der Waals surface area contributed by atoms with E-state index < -0.39 is 16.0 Å². The van der Waals surface area contributed by atoms with Crippen molar-refractivity contribution in [2.75, 3.05) is 6.61 Å². The van der Waals surface area contributed by atoms with Crippen molar-refractivity contribution in [2.45, 2.75) is 17.7 Å². The Kier molecular flexibility index (Phi) is 4.92. The van der Waals surface area contributed by atoms with Crippen LogP contribution in [0.5, 0.6) is 5.75 Å². The first-order chi connectivity index (χ1) is 8.86. The van der Waals surface area contributed by atoms with Crippen LogP contribution < -0.4 is 9.88 Å². The summed E-state index contributed by atoms with van der Waals surface area (Å²) in [6, 6.07) is 3.42. The lowest BCUT2D eigenvalue weighted by Crippen LogP contribution is -2.14. The van der Waals surface area contributed by atoms with E-state index in [0.717, 1.165) is 6.07 Å². The van der Waals surface area contributed by atoms with Crippen molar-refractivity contribution in [1.29, 1.82) is 0 Å². The predicted molar refractivity (Wildman–Crippen MR) is 68.3 cm³/mol. The van der Waals surface area contributed by atoms with E-state index in [1.165, 1.54) is 12.1 Å². The van der Waals surface area contributed by atoms with E-state index in [9.17, 15) is 13.2 Å². The van der Waals surface area contributed by atoms with E-state index in [0.29, 0.717) is 12.8 Å². The van der Waals surface area contributed by atoms with Crippen molar-refractivity contribution in [3.05, 3.63) is 23.8 Å². The minimum absolute atomic E-state index is 0.0805. The third-order valence-electron chi connectivity index (χ3n) is 2.23. The number of aromatic carboxylic acids is 1. The summed E-state index contributed by atoms with van der Waals surface area (Å²) in [6.45, 7) is 0.249. The Balaban J connectivity index is 3.00. The minimum Gasteiger partial charge on any atom is -0.493 e. The molecule has 0 atom stereocenters. The van der Waals surface area contributed by atoms with E-state index >= 15 is 0 Å². The summed E-state index contributed by atoms with van der Waals surface area (Å²) < 4.78 is 27.5. The number of carbonyl (C=O) groups is 1. The van der Waals surface area contributed by atoms with Crippen molar-refractivity contribution >= 4 is 16.0 Å². The second-order valence-electron chi connectivity index (χ2n) is 3.66. The van der Waals surface area contributed by atoms with Crippen molar-refractivity contribution in [3.8, 4) is 18.1 Å². The lowest BCUT2D eigenvalue weighted by molar-refractivity contribution is 0.0692. The van der Waals surface area contributed by atoms with E-state index in [1.807, 2.05) is 0 Å². The van der Waals surface area contributed by atoms with Gasteiger partial charge in [0.15, 0.2) is 0 Å². The highest BCUT2D eigenvalue weighted by molar-refractivity contribution is 7.89. The van der Waals surface area contributed by atoms with Gasteiger partial charge < -0.3 is 9.84 Å². The molecule has 0 saturated carbocycles. The third-order valence-corrected chi connectivity index (χ3v) is 3.14. The molecular weight excluding hydrogens is 270 g/mol. The number of carboxylic acids is 1. The van der Waals surface area contributed by atoms with Crippen molar-refractivity contribution in [2.24, 2.45) is 5.14 Å². The lowest BCUT2D eigenvalue weighted by Gasteiger charge is -2.09. The monoisotopic (exact) mass is 283 g/mol. The summed E-state index contributed by atoms with van der Waals surface area (Å²) in [6.07, 6.45) is 6.16. The zero-order valence-electron chi connectivity index (χ0n) is 10.00. The Morgan fingerprint density at radius 3 is 2.68 bits per heavy atom. The van der Waals surface area contributed by atoms with Crippen molar-refractivity contribution in [3.63, 3.8) is 0 Å². The summed E-state index contributed by atoms with van der Waals surface area (Å²) in [4.78, 5) is 10.8. The van der Waals surface area contributed by atoms with Crippen LogP contribution in [0.3, 0.4) is 0 Å². The second-order valence-corrected chi connectivity index (χ2v) is 5.23. The normalized spacial score (nSPS) is 10.7. The summed E-state index contributed by atoms with van der Waals surface area (Å²) in [7, 11) is -3.95. The average Bonchev–Trinajstić information content (AvgIpc) is 2.33. The highest BCUT2D eigenvalue weighted by Gasteiger charge is 2.16. The van der Waals surface area contributed by atoms with Crippen LogP contribution in [0.15, 0.2) is 23.1 Å². The Morgan fingerprint density at radius 1 is 1.47 bits per heavy atom. The maximum atomic E-state index is 11.1. The molecule has 0 aliphatic heterocycles. The van der Waals surface area contributed by atoms with Crippen LogP contribution >= 0.6 is 0 Å². The number of rotatable bonds is 6. The molecule has 0 amide bonds. The zero-order chi connectivity index (χ0) is 14.5. The van der Waals surface area contributed by atoms with Crippen LogP contribution in [0.2, 0.25) is 0 Å². The zero-order valence-corrected chi connectivity index (χ0v) is 10.8. The molecule has 102 valence electrons. The number of unbranched alkanes of at least 4 members (excludes halogenated alkanes) is 1. The minimum atomic E-state index is -3.95. The standard InChI is InChI=1S/C12H13NO5S/c1-2-3-4-7-18-11-6-5-9(19(13,16)17)8-10(11)12(14)15/h1,5-6,8H,3-4,7H2,(H,14,15)(H2,13,16,17). The average molecular weight is 283 g/mol. The molecule has 0 radical (unpaired) electrons. The molecule has 0 fully saturated rings. The number of primary sulfonamides is 1. The molecule has 0 aliphatic rings. The van der Waals surface area contributed by atoms with Crippen LogP contribution in [0.25, 0.3) is 0 Å². The number of ether oxygens (including phenoxy) is 1. The fraction of sp³-hybridized carbons (Fsp3) is 0.250. The van der Waals surface area contributed by atoms with Gasteiger partial charge in [-0.3, -0.25) is 0 Å². The van der Waals surface area contributed by atoms with Crippen LogP contribution in [-0.4, -0.2) is 26.1 Å². The topological polar surface area (TPSA) is 107 Å². The van der Waals surface area contributed by atoms with Gasteiger partial charge in [0.05, 0.1) is 11.5 Å². The van der Waals surface area contributed by atoms with Crippen LogP contribution in [-0.2, 0) is 10.0 Å². The molecule has 3 N–H and O–H groups in total. The third kappa shape index (κ3) is 4.28. The number of nitrogens with two attached hydrogens (primary N) is 1. The van der Waals surface area contributed by atoms with Gasteiger partial charge in [-0.15, -0.1) is 12.3 Å². The van der Waals surface area contributed by atoms with Gasteiger partial charge in [-0.25, -0.2) is 18.4 Å². The van der Waals surface area contributed by atoms with Gasteiger partial charge in [0.2, 0.25) is 10.0 Å². The summed E-state index contributed by atoms with van der Waals surface area (Å²) in [5, 5.41) is 13.9. The maximum Gasteiger partial charge on any atom is 0.339 e. The molecule has 1 rings (SSSR count). The summed E-state index contributed by atoms with van der Waals surface area (Å²) in [5.41, 5.74) is -0.257. The van der Waals surface area contributed by atoms with Gasteiger partial charge in [0, 0.05) is 6.42 Å². The first kappa shape index (κ1) is 15.0. The Hall–Kier alpha value is -2.04. The smallest absolute Gasteiger partial charge is 0.339 e. The quantitative estimate of drug-likeness (QED) is 0.594. The van der Waals surface area contributed by atoms with Crippen LogP contribution in [0.4, 0.5) is 0 Å². The molecule has 0 aromatic heterocycles. The predicted octanol–water partition coefficient (Wildman–Crippen LogP) is 0.824. The van der Waals surface area contributed by atoms with Gasteiger partial charge in [0.1, 0.15) is 11.3 Å². The van der Waals surface area contributed by atoms with Crippen molar-refractivity contribution < 1.29 is 23.1 Å². The molecule has 0 bridgehead atoms. The first-order valence-electron chi connectivity index (χ1n) is 5.32. The van der Waals surface area contributed by atoms with E-state index in [4.69, 9.17) is 21.4 Å². The number of carboxylic acid groups (broad SMARTS) is 1. The molecule has 6 nitrogen and oxygen atoms in total. The molecule has 0 spiro atoms. The number of hydrogen-bond acceptors (Lipinski definition) is 4. The lowest BCUT2D eigenvalue weighted by atomic mass is 10.2. The first-order valence-corrected chi connectivity index (χ1v) is 6.87. The SMILES string of the molecule is C#CCCCOc1ccc(S(N)(=O)=O)cc1C(=O)O. The molecule has 19 heavy (non-hydrogen) atoms. The molecule has 0 heterocycles. The Labute approximate surface area is 111 Å². The van der Waals surface area contributed by atoms with E-state index in [-0.39, 0.29) is 22.8 Å². The van der Waals surface area contributed by atoms with Gasteiger partial charge in [-0.05, 0) is 24.6 Å². The van der Waals surface area contributed by atoms with Gasteiger partial charge in [-0.1, -0.05) is 0 Å². The molecule has 1 aromatic carbocycles. The van der Waals surface area contributed by atoms with Gasteiger partial charge >= 0.3 is 5.97 Å². The Morgan fingerprint density at radius 2 is 2.16 bits per heavy atom. The fourth-order valence-electron chi connectivity index (χ4n) is 1.34. The van der Waals surface area contributed by atoms with Crippen LogP contribution in [0.1, 0.15) is 23.2 Å². The highest BCUT2D eigenvalue weighted by Crippen LogP contribution is 2.22. The highest BCUT2D eigenvalue weighted by atomic mass is 32.2. The van der Waals surface area contributed by atoms with E-state index in [2.05, 4.69) is 5.92 Å². The second kappa shape index (κ2) is 6.22. The largest absolute Gasteiger partial charge is 0.493 e. The van der Waals surface area contributed by atoms with E-state index in [1.54, 1.807) is 0 Å². The van der Waals surface area contributed by atoms with Gasteiger partial charge in [0.25, 0.3) is 0 Å². The molecule has 0 aliphatic carbocycles. The molecule has 7 heteroatoms. The fourth-order valence-corrected chi connectivity index (χ4v) is 1.88. The molecular formula is C12H13NO5S. The van der Waals surface area contributed by atoms with Crippen LogP contribution in [0, 0.1) is 12.3 Å². The number of sulfonamides is 1.